The highest BCUT2D eigenvalue weighted by atomic mass is 35.5. The van der Waals surface area contributed by atoms with Crippen molar-refractivity contribution in [3.63, 3.8) is 0 Å². The van der Waals surface area contributed by atoms with Crippen LogP contribution in [0.3, 0.4) is 0 Å². The van der Waals surface area contributed by atoms with Gasteiger partial charge in [0.1, 0.15) is 6.33 Å². The van der Waals surface area contributed by atoms with Gasteiger partial charge in [0.05, 0.1) is 23.9 Å². The Labute approximate surface area is 128 Å². The lowest BCUT2D eigenvalue weighted by Crippen LogP contribution is -2.13. The van der Waals surface area contributed by atoms with Gasteiger partial charge in [0.15, 0.2) is 11.5 Å². The van der Waals surface area contributed by atoms with E-state index >= 15 is 0 Å². The van der Waals surface area contributed by atoms with E-state index in [1.165, 1.54) is 0 Å². The van der Waals surface area contributed by atoms with E-state index in [0.29, 0.717) is 37.1 Å². The van der Waals surface area contributed by atoms with Crippen molar-refractivity contribution in [3.8, 4) is 11.5 Å². The van der Waals surface area contributed by atoms with Crippen molar-refractivity contribution in [2.75, 3.05) is 13.2 Å². The van der Waals surface area contributed by atoms with Crippen LogP contribution in [0.1, 0.15) is 17.7 Å². The minimum Gasteiger partial charge on any atom is -0.489 e. The Morgan fingerprint density at radius 2 is 2.10 bits per heavy atom. The van der Waals surface area contributed by atoms with Crippen LogP contribution in [-0.4, -0.2) is 23.2 Å². The Hall–Kier alpha value is -1.85. The molecular weight excluding hydrogens is 290 g/mol. The number of ether oxygens (including phenoxy) is 2. The van der Waals surface area contributed by atoms with E-state index < -0.39 is 0 Å². The van der Waals surface area contributed by atoms with Crippen molar-refractivity contribution in [1.29, 1.82) is 0 Å². The first-order chi connectivity index (χ1) is 10.3. The second kappa shape index (κ2) is 6.74. The van der Waals surface area contributed by atoms with Gasteiger partial charge in [0, 0.05) is 25.7 Å². The number of hydrogen-bond donors (Lipinski definition) is 1. The number of nitrogens with one attached hydrogen (secondary N) is 1. The van der Waals surface area contributed by atoms with Crippen LogP contribution in [0.25, 0.3) is 0 Å². The van der Waals surface area contributed by atoms with Crippen molar-refractivity contribution < 1.29 is 9.47 Å². The van der Waals surface area contributed by atoms with E-state index in [1.54, 1.807) is 12.5 Å². The van der Waals surface area contributed by atoms with Crippen molar-refractivity contribution in [2.45, 2.75) is 19.5 Å². The lowest BCUT2D eigenvalue weighted by atomic mass is 10.2. The predicted molar refractivity (Wildman–Crippen MR) is 79.6 cm³/mol. The molecule has 5 nitrogen and oxygen atoms in total. The lowest BCUT2D eigenvalue weighted by molar-refractivity contribution is 0.297. The van der Waals surface area contributed by atoms with Gasteiger partial charge >= 0.3 is 0 Å². The summed E-state index contributed by atoms with van der Waals surface area (Å²) in [5.41, 5.74) is 2.00. The van der Waals surface area contributed by atoms with E-state index in [2.05, 4.69) is 15.3 Å². The molecule has 1 aromatic heterocycles. The minimum absolute atomic E-state index is 0.591. The van der Waals surface area contributed by atoms with Gasteiger partial charge in [-0.25, -0.2) is 9.97 Å². The zero-order valence-corrected chi connectivity index (χ0v) is 12.3. The topological polar surface area (TPSA) is 56.3 Å². The second-order valence-electron chi connectivity index (χ2n) is 4.76. The van der Waals surface area contributed by atoms with Crippen LogP contribution in [0.15, 0.2) is 30.7 Å². The lowest BCUT2D eigenvalue weighted by Gasteiger charge is -2.12. The van der Waals surface area contributed by atoms with Crippen LogP contribution in [0.4, 0.5) is 0 Å². The SMILES string of the molecule is Clc1cc(CNCc2ccncn2)cc2c1OCCCO2. The van der Waals surface area contributed by atoms with Crippen molar-refractivity contribution in [3.05, 3.63) is 47.0 Å². The zero-order chi connectivity index (χ0) is 14.5. The van der Waals surface area contributed by atoms with Gasteiger partial charge in [-0.3, -0.25) is 0 Å². The standard InChI is InChI=1S/C15H16ClN3O2/c16-13-6-11(7-14-15(13)21-5-1-4-20-14)8-18-9-12-2-3-17-10-19-12/h2-3,6-7,10,18H,1,4-5,8-9H2. The Balaban J connectivity index is 1.66. The molecule has 0 saturated heterocycles. The normalized spacial score (nSPS) is 13.8. The summed E-state index contributed by atoms with van der Waals surface area (Å²) in [4.78, 5) is 8.06. The van der Waals surface area contributed by atoms with Gasteiger partial charge in [0.25, 0.3) is 0 Å². The number of rotatable bonds is 4. The van der Waals surface area contributed by atoms with Crippen LogP contribution in [0.2, 0.25) is 5.02 Å². The fourth-order valence-corrected chi connectivity index (χ4v) is 2.43. The molecule has 0 aliphatic carbocycles. The van der Waals surface area contributed by atoms with Gasteiger partial charge in [-0.1, -0.05) is 11.6 Å². The summed E-state index contributed by atoms with van der Waals surface area (Å²) in [6.45, 7) is 2.65. The molecule has 0 radical (unpaired) electrons. The van der Waals surface area contributed by atoms with Gasteiger partial charge in [-0.15, -0.1) is 0 Å². The summed E-state index contributed by atoms with van der Waals surface area (Å²) >= 11 is 6.26. The number of halogens is 1. The molecule has 1 aliphatic rings. The van der Waals surface area contributed by atoms with E-state index in [9.17, 15) is 0 Å². The Morgan fingerprint density at radius 3 is 2.95 bits per heavy atom. The maximum absolute atomic E-state index is 6.26. The van der Waals surface area contributed by atoms with Crippen LogP contribution in [0, 0.1) is 0 Å². The highest BCUT2D eigenvalue weighted by molar-refractivity contribution is 6.32. The average Bonchev–Trinajstić information content (AvgIpc) is 2.74. The fourth-order valence-electron chi connectivity index (χ4n) is 2.14. The van der Waals surface area contributed by atoms with E-state index in [1.807, 2.05) is 18.2 Å². The molecule has 110 valence electrons. The molecule has 0 unspecified atom stereocenters. The molecule has 1 N–H and O–H groups in total. The largest absolute Gasteiger partial charge is 0.489 e. The zero-order valence-electron chi connectivity index (χ0n) is 11.5. The summed E-state index contributed by atoms with van der Waals surface area (Å²) in [5, 5.41) is 3.91. The first kappa shape index (κ1) is 14.1. The fraction of sp³-hybridized carbons (Fsp3) is 0.333. The monoisotopic (exact) mass is 305 g/mol. The molecule has 1 aliphatic heterocycles. The molecule has 2 heterocycles. The van der Waals surface area contributed by atoms with Crippen LogP contribution in [-0.2, 0) is 13.1 Å². The molecule has 0 saturated carbocycles. The molecule has 0 fully saturated rings. The second-order valence-corrected chi connectivity index (χ2v) is 5.17. The molecule has 0 amide bonds. The summed E-state index contributed by atoms with van der Waals surface area (Å²) in [5.74, 6) is 1.37. The van der Waals surface area contributed by atoms with E-state index in [0.717, 1.165) is 23.4 Å². The van der Waals surface area contributed by atoms with Gasteiger partial charge in [-0.2, -0.15) is 0 Å². The van der Waals surface area contributed by atoms with Crippen LogP contribution >= 0.6 is 11.6 Å². The maximum atomic E-state index is 6.26. The third-order valence-corrected chi connectivity index (χ3v) is 3.42. The van der Waals surface area contributed by atoms with Gasteiger partial charge < -0.3 is 14.8 Å². The maximum Gasteiger partial charge on any atom is 0.179 e. The third kappa shape index (κ3) is 3.62. The van der Waals surface area contributed by atoms with E-state index in [-0.39, 0.29) is 0 Å². The predicted octanol–water partition coefficient (Wildman–Crippen LogP) is 2.58. The van der Waals surface area contributed by atoms with Crippen molar-refractivity contribution in [2.24, 2.45) is 0 Å². The van der Waals surface area contributed by atoms with Gasteiger partial charge in [-0.05, 0) is 23.8 Å². The van der Waals surface area contributed by atoms with Crippen molar-refractivity contribution >= 4 is 11.6 Å². The third-order valence-electron chi connectivity index (χ3n) is 3.14. The van der Waals surface area contributed by atoms with Crippen LogP contribution in [0.5, 0.6) is 11.5 Å². The molecule has 6 heteroatoms. The summed E-state index contributed by atoms with van der Waals surface area (Å²) in [6, 6.07) is 5.76. The highest BCUT2D eigenvalue weighted by Crippen LogP contribution is 2.37. The Bertz CT molecular complexity index is 607. The molecule has 2 aromatic rings. The summed E-state index contributed by atoms with van der Waals surface area (Å²) < 4.78 is 11.3. The highest BCUT2D eigenvalue weighted by Gasteiger charge is 2.15. The van der Waals surface area contributed by atoms with Crippen LogP contribution < -0.4 is 14.8 Å². The quantitative estimate of drug-likeness (QED) is 0.941. The minimum atomic E-state index is 0.591. The van der Waals surface area contributed by atoms with Crippen molar-refractivity contribution in [1.82, 2.24) is 15.3 Å². The van der Waals surface area contributed by atoms with E-state index in [4.69, 9.17) is 21.1 Å². The number of nitrogens with zero attached hydrogens (tertiary/aromatic N) is 2. The summed E-state index contributed by atoms with van der Waals surface area (Å²) in [7, 11) is 0. The first-order valence-electron chi connectivity index (χ1n) is 6.86. The smallest absolute Gasteiger partial charge is 0.179 e. The number of benzene rings is 1. The first-order valence-corrected chi connectivity index (χ1v) is 7.24. The summed E-state index contributed by atoms with van der Waals surface area (Å²) in [6.07, 6.45) is 4.14. The molecule has 0 bridgehead atoms. The number of fused-ring (bicyclic) bond motifs is 1. The number of aromatic nitrogens is 2. The molecule has 1 aromatic carbocycles. The Morgan fingerprint density at radius 1 is 1.19 bits per heavy atom. The van der Waals surface area contributed by atoms with Gasteiger partial charge in [0.2, 0.25) is 0 Å². The number of hydrogen-bond acceptors (Lipinski definition) is 5. The molecule has 21 heavy (non-hydrogen) atoms. The molecule has 0 atom stereocenters. The molecule has 3 rings (SSSR count). The Kier molecular flexibility index (Phi) is 4.52. The molecular formula is C15H16ClN3O2. The molecule has 0 spiro atoms. The average molecular weight is 306 g/mol.